The van der Waals surface area contributed by atoms with E-state index in [4.69, 9.17) is 0 Å². The first-order valence-corrected chi connectivity index (χ1v) is 12.1. The van der Waals surface area contributed by atoms with E-state index in [2.05, 4.69) is 11.0 Å². The third kappa shape index (κ3) is 4.58. The van der Waals surface area contributed by atoms with Crippen LogP contribution in [0.25, 0.3) is 5.57 Å². The number of hydrogen-bond donors (Lipinski definition) is 1. The first-order chi connectivity index (χ1) is 14.3. The molecule has 0 fully saturated rings. The molecule has 0 radical (unpaired) electrons. The Hall–Kier alpha value is -2.22. The van der Waals surface area contributed by atoms with Gasteiger partial charge in [0.15, 0.2) is 0 Å². The number of β-amino-alcohol motifs (C(OH)–C–C–N with tert-alkyl or cyclic N) is 1. The molecule has 7 heteroatoms. The molecule has 160 valence electrons. The maximum atomic E-state index is 13.1. The second-order valence-electron chi connectivity index (χ2n) is 8.09. The normalized spacial score (nSPS) is 18.6. The van der Waals surface area contributed by atoms with Crippen LogP contribution in [0.1, 0.15) is 35.6 Å². The van der Waals surface area contributed by atoms with E-state index in [0.29, 0.717) is 13.1 Å². The summed E-state index contributed by atoms with van der Waals surface area (Å²) in [6.07, 6.45) is 5.18. The van der Waals surface area contributed by atoms with Gasteiger partial charge in [-0.15, -0.1) is 0 Å². The van der Waals surface area contributed by atoms with Crippen LogP contribution in [-0.4, -0.2) is 50.9 Å². The monoisotopic (exact) mass is 430 g/mol. The number of aliphatic hydroxyl groups excluding tert-OH is 1. The second-order valence-corrected chi connectivity index (χ2v) is 10.00. The minimum atomic E-state index is -3.29. The average molecular weight is 431 g/mol. The summed E-state index contributed by atoms with van der Waals surface area (Å²) < 4.78 is 38.6. The van der Waals surface area contributed by atoms with Crippen molar-refractivity contribution in [2.75, 3.05) is 36.7 Å². The SMILES string of the molecule is CS(=O)(=O)N1CCCc2cc([C@H](O)CN3CC=C(c4ccc(F)cc4)CC3)ccc21. The van der Waals surface area contributed by atoms with E-state index in [1.165, 1.54) is 28.3 Å². The Morgan fingerprint density at radius 1 is 1.10 bits per heavy atom. The number of aryl methyl sites for hydroxylation is 1. The first-order valence-electron chi connectivity index (χ1n) is 10.3. The quantitative estimate of drug-likeness (QED) is 0.790. The zero-order chi connectivity index (χ0) is 21.3. The number of sulfonamides is 1. The van der Waals surface area contributed by atoms with E-state index >= 15 is 0 Å². The molecule has 0 saturated carbocycles. The number of nitrogens with zero attached hydrogens (tertiary/aromatic N) is 2. The van der Waals surface area contributed by atoms with Gasteiger partial charge in [-0.1, -0.05) is 30.3 Å². The molecule has 0 aliphatic carbocycles. The standard InChI is InChI=1S/C23H27FN2O3S/c1-30(28,29)26-12-2-3-19-15-20(6-9-22(19)26)23(27)16-25-13-10-18(11-14-25)17-4-7-21(24)8-5-17/h4-10,15,23,27H,2-3,11-14,16H2,1H3/t23-/m1/s1. The Bertz CT molecular complexity index is 1050. The fourth-order valence-electron chi connectivity index (χ4n) is 4.29. The fourth-order valence-corrected chi connectivity index (χ4v) is 5.28. The van der Waals surface area contributed by atoms with Crippen LogP contribution >= 0.6 is 0 Å². The molecule has 30 heavy (non-hydrogen) atoms. The summed E-state index contributed by atoms with van der Waals surface area (Å²) in [4.78, 5) is 2.19. The van der Waals surface area contributed by atoms with Gasteiger partial charge in [0.2, 0.25) is 10.0 Å². The van der Waals surface area contributed by atoms with Gasteiger partial charge in [0.25, 0.3) is 0 Å². The van der Waals surface area contributed by atoms with Crippen molar-refractivity contribution in [1.82, 2.24) is 4.90 Å². The van der Waals surface area contributed by atoms with Crippen LogP contribution in [0.4, 0.5) is 10.1 Å². The summed E-state index contributed by atoms with van der Waals surface area (Å²) in [5.74, 6) is -0.232. The third-order valence-electron chi connectivity index (χ3n) is 5.90. The van der Waals surface area contributed by atoms with E-state index in [9.17, 15) is 17.9 Å². The summed E-state index contributed by atoms with van der Waals surface area (Å²) in [6.45, 7) is 2.58. The van der Waals surface area contributed by atoms with Crippen molar-refractivity contribution in [2.24, 2.45) is 0 Å². The van der Waals surface area contributed by atoms with Crippen LogP contribution < -0.4 is 4.31 Å². The number of hydrogen-bond acceptors (Lipinski definition) is 4. The van der Waals surface area contributed by atoms with E-state index in [1.54, 1.807) is 12.1 Å². The Morgan fingerprint density at radius 2 is 1.87 bits per heavy atom. The molecule has 2 heterocycles. The minimum Gasteiger partial charge on any atom is -0.387 e. The van der Waals surface area contributed by atoms with Crippen LogP contribution in [0.5, 0.6) is 0 Å². The molecule has 0 aromatic heterocycles. The lowest BCUT2D eigenvalue weighted by Crippen LogP contribution is -2.35. The summed E-state index contributed by atoms with van der Waals surface area (Å²) >= 11 is 0. The molecule has 1 atom stereocenters. The minimum absolute atomic E-state index is 0.232. The Balaban J connectivity index is 1.42. The van der Waals surface area contributed by atoms with Crippen molar-refractivity contribution in [1.29, 1.82) is 0 Å². The zero-order valence-electron chi connectivity index (χ0n) is 17.1. The number of anilines is 1. The lowest BCUT2D eigenvalue weighted by molar-refractivity contribution is 0.119. The highest BCUT2D eigenvalue weighted by Crippen LogP contribution is 2.32. The second kappa shape index (κ2) is 8.49. The van der Waals surface area contributed by atoms with Gasteiger partial charge in [0.1, 0.15) is 5.82 Å². The van der Waals surface area contributed by atoms with Crippen LogP contribution in [0.2, 0.25) is 0 Å². The largest absolute Gasteiger partial charge is 0.387 e. The van der Waals surface area contributed by atoms with Gasteiger partial charge in [0.05, 0.1) is 18.0 Å². The number of fused-ring (bicyclic) bond motifs is 1. The van der Waals surface area contributed by atoms with Gasteiger partial charge < -0.3 is 5.11 Å². The summed E-state index contributed by atoms with van der Waals surface area (Å²) in [6, 6.07) is 12.2. The van der Waals surface area contributed by atoms with Crippen molar-refractivity contribution in [2.45, 2.75) is 25.4 Å². The molecule has 4 rings (SSSR count). The van der Waals surface area contributed by atoms with Crippen molar-refractivity contribution in [3.8, 4) is 0 Å². The molecule has 5 nitrogen and oxygen atoms in total. The van der Waals surface area contributed by atoms with E-state index in [1.807, 2.05) is 18.2 Å². The molecule has 1 N–H and O–H groups in total. The highest BCUT2D eigenvalue weighted by molar-refractivity contribution is 7.92. The van der Waals surface area contributed by atoms with Crippen LogP contribution in [0.15, 0.2) is 48.5 Å². The van der Waals surface area contributed by atoms with E-state index < -0.39 is 16.1 Å². The van der Waals surface area contributed by atoms with E-state index in [-0.39, 0.29) is 5.82 Å². The molecule has 0 saturated heterocycles. The average Bonchev–Trinajstić information content (AvgIpc) is 2.73. The van der Waals surface area contributed by atoms with Crippen molar-refractivity contribution < 1.29 is 17.9 Å². The van der Waals surface area contributed by atoms with Crippen molar-refractivity contribution >= 4 is 21.3 Å². The van der Waals surface area contributed by atoms with Gasteiger partial charge >= 0.3 is 0 Å². The summed E-state index contributed by atoms with van der Waals surface area (Å²) in [7, 11) is -3.29. The topological polar surface area (TPSA) is 60.9 Å². The lowest BCUT2D eigenvalue weighted by Gasteiger charge is -2.31. The maximum Gasteiger partial charge on any atom is 0.232 e. The Morgan fingerprint density at radius 3 is 2.53 bits per heavy atom. The maximum absolute atomic E-state index is 13.1. The first kappa shape index (κ1) is 21.0. The predicted octanol–water partition coefficient (Wildman–Crippen LogP) is 3.36. The molecule has 2 aliphatic heterocycles. The molecule has 2 aromatic rings. The molecule has 0 spiro atoms. The van der Waals surface area contributed by atoms with Gasteiger partial charge in [-0.25, -0.2) is 12.8 Å². The molecule has 0 bridgehead atoms. The Kier molecular flexibility index (Phi) is 5.95. The van der Waals surface area contributed by atoms with Crippen LogP contribution in [0.3, 0.4) is 0 Å². The molecular formula is C23H27FN2O3S. The lowest BCUT2D eigenvalue weighted by atomic mass is 9.97. The third-order valence-corrected chi connectivity index (χ3v) is 7.08. The van der Waals surface area contributed by atoms with Gasteiger partial charge in [0, 0.05) is 26.2 Å². The fraction of sp³-hybridized carbons (Fsp3) is 0.391. The highest BCUT2D eigenvalue weighted by Gasteiger charge is 2.25. The molecular weight excluding hydrogens is 403 g/mol. The Labute approximate surface area is 177 Å². The summed E-state index contributed by atoms with van der Waals surface area (Å²) in [5.41, 5.74) is 4.76. The zero-order valence-corrected chi connectivity index (χ0v) is 17.9. The smallest absolute Gasteiger partial charge is 0.232 e. The van der Waals surface area contributed by atoms with Crippen molar-refractivity contribution in [3.63, 3.8) is 0 Å². The number of rotatable bonds is 5. The number of halogens is 1. The molecule has 0 unspecified atom stereocenters. The summed E-state index contributed by atoms with van der Waals surface area (Å²) in [5, 5.41) is 10.8. The van der Waals surface area contributed by atoms with Gasteiger partial charge in [-0.2, -0.15) is 0 Å². The predicted molar refractivity (Wildman–Crippen MR) is 117 cm³/mol. The van der Waals surface area contributed by atoms with Crippen LogP contribution in [0, 0.1) is 5.82 Å². The number of aliphatic hydroxyl groups is 1. The van der Waals surface area contributed by atoms with Crippen LogP contribution in [-0.2, 0) is 16.4 Å². The number of benzene rings is 2. The highest BCUT2D eigenvalue weighted by atomic mass is 32.2. The van der Waals surface area contributed by atoms with E-state index in [0.717, 1.165) is 54.7 Å². The van der Waals surface area contributed by atoms with Gasteiger partial charge in [-0.05, 0) is 59.7 Å². The van der Waals surface area contributed by atoms with Crippen molar-refractivity contribution in [3.05, 3.63) is 71.0 Å². The molecule has 2 aliphatic rings. The molecule has 0 amide bonds. The molecule has 2 aromatic carbocycles. The van der Waals surface area contributed by atoms with Gasteiger partial charge in [-0.3, -0.25) is 9.21 Å².